The number of halogens is 1. The lowest BCUT2D eigenvalue weighted by atomic mass is 10.0. The summed E-state index contributed by atoms with van der Waals surface area (Å²) in [6, 6.07) is 10.7. The fourth-order valence-corrected chi connectivity index (χ4v) is 2.72. The van der Waals surface area contributed by atoms with Crippen molar-refractivity contribution >= 4 is 0 Å². The third-order valence-electron chi connectivity index (χ3n) is 3.42. The van der Waals surface area contributed by atoms with Crippen molar-refractivity contribution in [2.45, 2.75) is 26.7 Å². The Labute approximate surface area is 124 Å². The Morgan fingerprint density at radius 3 is 2.24 bits per heavy atom. The first-order chi connectivity index (χ1) is 9.68. The molecule has 0 saturated carbocycles. The summed E-state index contributed by atoms with van der Waals surface area (Å²) in [5.74, 6) is 2.50. The molecule has 0 fully saturated rings. The molecule has 112 valence electrons. The summed E-state index contributed by atoms with van der Waals surface area (Å²) in [6.45, 7) is 6.40. The predicted molar refractivity (Wildman–Crippen MR) is 65.5 cm³/mol. The van der Waals surface area contributed by atoms with Crippen molar-refractivity contribution in [3.8, 4) is 11.1 Å². The zero-order valence-electron chi connectivity index (χ0n) is 11.9. The van der Waals surface area contributed by atoms with Crippen LogP contribution in [0, 0.1) is 24.1 Å². The minimum absolute atomic E-state index is 0.379. The molecule has 1 aromatic carbocycles. The minimum Gasteiger partial charge on any atom is -0.222 e. The van der Waals surface area contributed by atoms with Crippen LogP contribution in [0.1, 0.15) is 35.5 Å². The van der Waals surface area contributed by atoms with Crippen LogP contribution < -0.4 is 18.6 Å². The van der Waals surface area contributed by atoms with E-state index in [1.807, 2.05) is 6.92 Å². The minimum atomic E-state index is -4.94. The summed E-state index contributed by atoms with van der Waals surface area (Å²) in [4.78, 5) is 0. The Balaban J connectivity index is 0.000000282. The number of aryl methyl sites for hydroxylation is 2. The topological polar surface area (TPSA) is 104 Å². The molecule has 1 aromatic heterocycles. The van der Waals surface area contributed by atoms with Crippen LogP contribution in [0.15, 0.2) is 34.7 Å². The average molecular weight is 311 g/mol. The first kappa shape index (κ1) is 15.9. The van der Waals surface area contributed by atoms with Gasteiger partial charge in [0.1, 0.15) is 0 Å². The second-order valence-electron chi connectivity index (χ2n) is 4.97. The Hall–Kier alpha value is -1.50. The number of hydrogen-bond acceptors (Lipinski definition) is 4. The molecule has 0 aliphatic heterocycles. The van der Waals surface area contributed by atoms with Gasteiger partial charge in [0.05, 0.1) is 18.4 Å². The molecule has 1 atom stereocenters. The summed E-state index contributed by atoms with van der Waals surface area (Å²) in [6.07, 6.45) is 0. The molecule has 6 heteroatoms. The number of benzene rings is 1. The van der Waals surface area contributed by atoms with Crippen LogP contribution in [0.2, 0.25) is 0 Å². The maximum atomic E-state index is 8.49. The molecule has 1 unspecified atom stereocenters. The summed E-state index contributed by atoms with van der Waals surface area (Å²) in [5, 5.41) is 0. The zero-order valence-corrected chi connectivity index (χ0v) is 12.6. The second kappa shape index (κ2) is 5.71. The van der Waals surface area contributed by atoms with Gasteiger partial charge in [-0.2, -0.15) is 0 Å². The lowest BCUT2D eigenvalue weighted by molar-refractivity contribution is -2.00. The molecular formula is C15H15ClO5. The van der Waals surface area contributed by atoms with Crippen molar-refractivity contribution in [1.82, 2.24) is 0 Å². The number of hydrogen-bond donors (Lipinski definition) is 0. The second-order valence-corrected chi connectivity index (χ2v) is 5.72. The van der Waals surface area contributed by atoms with Crippen LogP contribution in [-0.2, 0) is 0 Å². The maximum absolute atomic E-state index is 8.49. The maximum Gasteiger partial charge on any atom is 0.344 e. The van der Waals surface area contributed by atoms with Crippen LogP contribution in [-0.4, -0.2) is 0 Å². The van der Waals surface area contributed by atoms with Crippen LogP contribution in [0.25, 0.3) is 11.1 Å². The van der Waals surface area contributed by atoms with Crippen LogP contribution in [0.4, 0.5) is 0 Å². The number of fused-ring (bicyclic) bond motifs is 3. The van der Waals surface area contributed by atoms with E-state index < -0.39 is 10.2 Å². The average Bonchev–Trinajstić information content (AvgIpc) is 2.62. The molecule has 21 heavy (non-hydrogen) atoms. The molecule has 1 heterocycles. The quantitative estimate of drug-likeness (QED) is 0.613. The van der Waals surface area contributed by atoms with Gasteiger partial charge in [0.25, 0.3) is 0 Å². The van der Waals surface area contributed by atoms with Gasteiger partial charge >= 0.3 is 11.5 Å². The fourth-order valence-electron chi connectivity index (χ4n) is 2.72. The number of rotatable bonds is 0. The standard InChI is InChI=1S/C15H15O.ClHO4/c1-9-8-10(2)16-15-11(3)12-6-4-5-7-13(12)14(9)15;2-1(3,4)5/h4-8,11H,1-3H3;(H,2,3,4,5)/q+1;/p-1. The first-order valence-corrected chi connectivity index (χ1v) is 7.57. The molecule has 2 aromatic rings. The van der Waals surface area contributed by atoms with E-state index in [0.29, 0.717) is 5.92 Å². The van der Waals surface area contributed by atoms with E-state index in [0.717, 1.165) is 11.5 Å². The molecule has 0 saturated heterocycles. The fraction of sp³-hybridized carbons (Fsp3) is 0.267. The molecule has 1 aliphatic carbocycles. The van der Waals surface area contributed by atoms with E-state index in [-0.39, 0.29) is 0 Å². The van der Waals surface area contributed by atoms with Gasteiger partial charge in [0.2, 0.25) is 0 Å². The third kappa shape index (κ3) is 3.58. The molecule has 0 radical (unpaired) electrons. The van der Waals surface area contributed by atoms with Gasteiger partial charge in [-0.15, -0.1) is 10.2 Å². The molecule has 1 aliphatic rings. The van der Waals surface area contributed by atoms with Gasteiger partial charge in [-0.3, -0.25) is 0 Å². The van der Waals surface area contributed by atoms with E-state index in [4.69, 9.17) is 23.1 Å². The Kier molecular flexibility index (Phi) is 4.32. The van der Waals surface area contributed by atoms with Crippen molar-refractivity contribution in [3.05, 3.63) is 53.0 Å². The Morgan fingerprint density at radius 2 is 1.62 bits per heavy atom. The zero-order chi connectivity index (χ0) is 15.8. The summed E-state index contributed by atoms with van der Waals surface area (Å²) >= 11 is 0. The molecule has 3 rings (SSSR count). The highest BCUT2D eigenvalue weighted by atomic mass is 35.7. The smallest absolute Gasteiger partial charge is 0.222 e. The molecule has 0 spiro atoms. The Morgan fingerprint density at radius 1 is 1.05 bits per heavy atom. The van der Waals surface area contributed by atoms with Crippen LogP contribution in [0.5, 0.6) is 0 Å². The van der Waals surface area contributed by atoms with Crippen molar-refractivity contribution in [1.29, 1.82) is 0 Å². The SMILES string of the molecule is Cc1cc(C)c2c([o+]1)C(C)c1ccccc1-2.[O-][Cl+3]([O-])([O-])[O-]. The molecule has 0 amide bonds. The molecule has 0 bridgehead atoms. The van der Waals surface area contributed by atoms with Crippen molar-refractivity contribution in [3.63, 3.8) is 0 Å². The predicted octanol–water partition coefficient (Wildman–Crippen LogP) is -0.446. The normalized spacial score (nSPS) is 15.9. The van der Waals surface area contributed by atoms with Gasteiger partial charge in [0.15, 0.2) is 0 Å². The van der Waals surface area contributed by atoms with Crippen molar-refractivity contribution in [2.75, 3.05) is 0 Å². The molecule has 5 nitrogen and oxygen atoms in total. The van der Waals surface area contributed by atoms with Gasteiger partial charge in [-0.25, -0.2) is 23.1 Å². The summed E-state index contributed by atoms with van der Waals surface area (Å²) in [5.41, 5.74) is 5.34. The highest BCUT2D eigenvalue weighted by Gasteiger charge is 2.36. The van der Waals surface area contributed by atoms with Gasteiger partial charge in [-0.05, 0) is 30.5 Å². The van der Waals surface area contributed by atoms with Crippen molar-refractivity contribution < 1.29 is 33.3 Å². The monoisotopic (exact) mass is 310 g/mol. The third-order valence-corrected chi connectivity index (χ3v) is 3.42. The largest absolute Gasteiger partial charge is 0.344 e. The molecule has 0 N–H and O–H groups in total. The van der Waals surface area contributed by atoms with E-state index in [2.05, 4.69) is 44.2 Å². The Bertz CT molecular complexity index is 658. The van der Waals surface area contributed by atoms with Gasteiger partial charge in [0, 0.05) is 6.07 Å². The van der Waals surface area contributed by atoms with Gasteiger partial charge in [-0.1, -0.05) is 24.3 Å². The summed E-state index contributed by atoms with van der Waals surface area (Å²) < 4.78 is 39.9. The van der Waals surface area contributed by atoms with Crippen molar-refractivity contribution in [2.24, 2.45) is 0 Å². The van der Waals surface area contributed by atoms with Crippen LogP contribution >= 0.6 is 0 Å². The lowest BCUT2D eigenvalue weighted by Crippen LogP contribution is -2.68. The van der Waals surface area contributed by atoms with E-state index >= 15 is 0 Å². The molecular weight excluding hydrogens is 296 g/mol. The van der Waals surface area contributed by atoms with Gasteiger partial charge < -0.3 is 0 Å². The highest BCUT2D eigenvalue weighted by Crippen LogP contribution is 2.46. The van der Waals surface area contributed by atoms with Crippen LogP contribution in [0.3, 0.4) is 0 Å². The van der Waals surface area contributed by atoms with E-state index in [1.165, 1.54) is 22.3 Å². The highest BCUT2D eigenvalue weighted by molar-refractivity contribution is 5.79. The summed E-state index contributed by atoms with van der Waals surface area (Å²) in [7, 11) is -4.94. The van der Waals surface area contributed by atoms with E-state index in [9.17, 15) is 0 Å². The van der Waals surface area contributed by atoms with E-state index in [1.54, 1.807) is 0 Å². The first-order valence-electron chi connectivity index (χ1n) is 6.33. The lowest BCUT2D eigenvalue weighted by Gasteiger charge is -2.17.